The normalized spacial score (nSPS) is 14.7. The maximum Gasteiger partial charge on any atom is 0.325 e. The van der Waals surface area contributed by atoms with E-state index in [1.807, 2.05) is 0 Å². The second-order valence-electron chi connectivity index (χ2n) is 6.37. The van der Waals surface area contributed by atoms with Crippen LogP contribution in [0.2, 0.25) is 0 Å². The highest BCUT2D eigenvalue weighted by Crippen LogP contribution is 2.30. The first kappa shape index (κ1) is 19.6. The number of ether oxygens (including phenoxy) is 1. The molecule has 1 aromatic heterocycles. The summed E-state index contributed by atoms with van der Waals surface area (Å²) in [4.78, 5) is 17.5. The number of aromatic nitrogens is 1. The monoisotopic (exact) mass is 410 g/mol. The number of thiazole rings is 1. The van der Waals surface area contributed by atoms with Crippen molar-refractivity contribution in [1.82, 2.24) is 9.29 Å². The molecule has 0 bridgehead atoms. The minimum Gasteiger partial charge on any atom is -0.497 e. The fourth-order valence-corrected chi connectivity index (χ4v) is 5.03. The minimum absolute atomic E-state index is 0.301. The predicted molar refractivity (Wildman–Crippen MR) is 106 cm³/mol. The van der Waals surface area contributed by atoms with Gasteiger partial charge in [-0.2, -0.15) is 4.31 Å². The average molecular weight is 411 g/mol. The van der Waals surface area contributed by atoms with Gasteiger partial charge in [-0.1, -0.05) is 11.3 Å². The molecule has 0 saturated heterocycles. The molecule has 0 unspecified atom stereocenters. The lowest BCUT2D eigenvalue weighted by Crippen LogP contribution is -2.39. The van der Waals surface area contributed by atoms with Crippen LogP contribution in [0.4, 0.5) is 15.6 Å². The number of sulfonamides is 1. The van der Waals surface area contributed by atoms with Crippen LogP contribution in [0.1, 0.15) is 24.4 Å². The van der Waals surface area contributed by atoms with Gasteiger partial charge in [0.2, 0.25) is 10.0 Å². The number of fused-ring (bicyclic) bond motifs is 1. The molecule has 0 radical (unpaired) electrons. The third-order valence-corrected chi connectivity index (χ3v) is 7.44. The van der Waals surface area contributed by atoms with Gasteiger partial charge in [0, 0.05) is 30.1 Å². The highest BCUT2D eigenvalue weighted by atomic mass is 32.2. The molecule has 8 nitrogen and oxygen atoms in total. The number of carbonyl (C=O) groups is 1. The van der Waals surface area contributed by atoms with E-state index in [1.165, 1.54) is 15.6 Å². The van der Waals surface area contributed by atoms with Crippen LogP contribution < -0.4 is 15.4 Å². The Labute approximate surface area is 162 Å². The van der Waals surface area contributed by atoms with Crippen molar-refractivity contribution >= 4 is 38.2 Å². The summed E-state index contributed by atoms with van der Waals surface area (Å²) in [7, 11) is -1.72. The van der Waals surface area contributed by atoms with E-state index in [1.54, 1.807) is 45.2 Å². The smallest absolute Gasteiger partial charge is 0.325 e. The van der Waals surface area contributed by atoms with Gasteiger partial charge in [-0.05, 0) is 38.1 Å². The first-order valence-corrected chi connectivity index (χ1v) is 10.8. The first-order valence-electron chi connectivity index (χ1n) is 8.49. The van der Waals surface area contributed by atoms with Gasteiger partial charge < -0.3 is 10.1 Å². The zero-order valence-corrected chi connectivity index (χ0v) is 17.0. The fourth-order valence-electron chi connectivity index (χ4n) is 2.67. The lowest BCUT2D eigenvalue weighted by atomic mass is 10.2. The number of hydrogen-bond donors (Lipinski definition) is 2. The zero-order chi connectivity index (χ0) is 19.6. The Bertz CT molecular complexity index is 923. The van der Waals surface area contributed by atoms with Crippen molar-refractivity contribution < 1.29 is 17.9 Å². The maximum atomic E-state index is 12.4. The molecular weight excluding hydrogens is 388 g/mol. The summed E-state index contributed by atoms with van der Waals surface area (Å²) in [5.41, 5.74) is 1.47. The number of nitrogens with zero attached hydrogens (tertiary/aromatic N) is 2. The number of rotatable bonds is 5. The van der Waals surface area contributed by atoms with Crippen LogP contribution in [0.3, 0.4) is 0 Å². The Kier molecular flexibility index (Phi) is 5.68. The van der Waals surface area contributed by atoms with Crippen LogP contribution in [0.25, 0.3) is 0 Å². The molecule has 0 spiro atoms. The van der Waals surface area contributed by atoms with E-state index in [4.69, 9.17) is 4.74 Å². The van der Waals surface area contributed by atoms with Crippen LogP contribution in [0.15, 0.2) is 24.3 Å². The van der Waals surface area contributed by atoms with Gasteiger partial charge in [0.1, 0.15) is 5.75 Å². The molecule has 3 rings (SSSR count). The SMILES string of the molecule is COc1ccc(NC(=O)Nc2nc3c(s2)CN(S(=O)(=O)C(C)C)CC3)cc1. The molecule has 146 valence electrons. The Morgan fingerprint density at radius 1 is 1.26 bits per heavy atom. The summed E-state index contributed by atoms with van der Waals surface area (Å²) in [6, 6.07) is 6.57. The van der Waals surface area contributed by atoms with Crippen molar-refractivity contribution in [2.75, 3.05) is 24.3 Å². The van der Waals surface area contributed by atoms with E-state index in [0.717, 1.165) is 10.6 Å². The average Bonchev–Trinajstić information content (AvgIpc) is 3.03. The molecule has 2 aromatic rings. The van der Waals surface area contributed by atoms with Crippen LogP contribution in [-0.2, 0) is 23.0 Å². The van der Waals surface area contributed by atoms with E-state index in [-0.39, 0.29) is 0 Å². The van der Waals surface area contributed by atoms with Crippen molar-refractivity contribution in [1.29, 1.82) is 0 Å². The lowest BCUT2D eigenvalue weighted by Gasteiger charge is -2.26. The van der Waals surface area contributed by atoms with Crippen molar-refractivity contribution in [2.45, 2.75) is 32.1 Å². The van der Waals surface area contributed by atoms with Crippen molar-refractivity contribution in [3.63, 3.8) is 0 Å². The van der Waals surface area contributed by atoms with Crippen molar-refractivity contribution in [3.8, 4) is 5.75 Å². The third kappa shape index (κ3) is 4.40. The molecule has 27 heavy (non-hydrogen) atoms. The minimum atomic E-state index is -3.30. The molecule has 1 aromatic carbocycles. The van der Waals surface area contributed by atoms with Gasteiger partial charge in [0.15, 0.2) is 5.13 Å². The molecule has 2 amide bonds. The largest absolute Gasteiger partial charge is 0.497 e. The number of carbonyl (C=O) groups excluding carboxylic acids is 1. The highest BCUT2D eigenvalue weighted by Gasteiger charge is 2.31. The standard InChI is InChI=1S/C17H22N4O4S2/c1-11(2)27(23,24)21-9-8-14-15(10-21)26-17(19-14)20-16(22)18-12-4-6-13(25-3)7-5-12/h4-7,11H,8-10H2,1-3H3,(H2,18,19,20,22). The molecule has 10 heteroatoms. The topological polar surface area (TPSA) is 101 Å². The number of methoxy groups -OCH3 is 1. The Morgan fingerprint density at radius 2 is 1.96 bits per heavy atom. The Hall–Kier alpha value is -2.17. The van der Waals surface area contributed by atoms with Gasteiger partial charge in [0.05, 0.1) is 18.1 Å². The number of benzene rings is 1. The van der Waals surface area contributed by atoms with E-state index < -0.39 is 21.3 Å². The quantitative estimate of drug-likeness (QED) is 0.789. The van der Waals surface area contributed by atoms with Gasteiger partial charge in [0.25, 0.3) is 0 Å². The van der Waals surface area contributed by atoms with Crippen molar-refractivity contribution in [3.05, 3.63) is 34.8 Å². The second-order valence-corrected chi connectivity index (χ2v) is 9.95. The first-order chi connectivity index (χ1) is 12.8. The molecule has 0 aliphatic carbocycles. The number of nitrogens with one attached hydrogen (secondary N) is 2. The maximum absolute atomic E-state index is 12.4. The van der Waals surface area contributed by atoms with Gasteiger partial charge >= 0.3 is 6.03 Å². The predicted octanol–water partition coefficient (Wildman–Crippen LogP) is 2.89. The van der Waals surface area contributed by atoms with E-state index in [2.05, 4.69) is 15.6 Å². The number of anilines is 2. The highest BCUT2D eigenvalue weighted by molar-refractivity contribution is 7.89. The summed E-state index contributed by atoms with van der Waals surface area (Å²) < 4.78 is 31.3. The van der Waals surface area contributed by atoms with E-state index in [9.17, 15) is 13.2 Å². The van der Waals surface area contributed by atoms with E-state index >= 15 is 0 Å². The van der Waals surface area contributed by atoms with Gasteiger partial charge in [-0.15, -0.1) is 0 Å². The number of amides is 2. The number of hydrogen-bond acceptors (Lipinski definition) is 6. The number of urea groups is 1. The summed E-state index contributed by atoms with van der Waals surface area (Å²) in [6.07, 6.45) is 0.541. The summed E-state index contributed by atoms with van der Waals surface area (Å²) in [6.45, 7) is 4.06. The van der Waals surface area contributed by atoms with Crippen LogP contribution in [0, 0.1) is 0 Å². The molecule has 2 N–H and O–H groups in total. The zero-order valence-electron chi connectivity index (χ0n) is 15.4. The molecule has 0 saturated carbocycles. The van der Waals surface area contributed by atoms with Crippen LogP contribution in [-0.4, -0.2) is 42.6 Å². The fraction of sp³-hybridized carbons (Fsp3) is 0.412. The van der Waals surface area contributed by atoms with Crippen LogP contribution in [0.5, 0.6) is 5.75 Å². The molecule has 2 heterocycles. The molecule has 1 aliphatic heterocycles. The van der Waals surface area contributed by atoms with Crippen LogP contribution >= 0.6 is 11.3 Å². The van der Waals surface area contributed by atoms with Gasteiger partial charge in [-0.25, -0.2) is 18.2 Å². The Balaban J connectivity index is 1.64. The van der Waals surface area contributed by atoms with E-state index in [0.29, 0.717) is 36.1 Å². The van der Waals surface area contributed by atoms with Gasteiger partial charge in [-0.3, -0.25) is 5.32 Å². The second kappa shape index (κ2) is 7.83. The Morgan fingerprint density at radius 3 is 2.59 bits per heavy atom. The summed E-state index contributed by atoms with van der Waals surface area (Å²) >= 11 is 1.30. The molecule has 1 aliphatic rings. The molecule has 0 fully saturated rings. The summed E-state index contributed by atoms with van der Waals surface area (Å²) in [5, 5.41) is 5.43. The lowest BCUT2D eigenvalue weighted by molar-refractivity contribution is 0.262. The third-order valence-electron chi connectivity index (χ3n) is 4.22. The van der Waals surface area contributed by atoms with Crippen molar-refractivity contribution in [2.24, 2.45) is 0 Å². The summed E-state index contributed by atoms with van der Waals surface area (Å²) in [5.74, 6) is 0.703. The molecular formula is C17H22N4O4S2. The molecule has 0 atom stereocenters.